The second-order valence-electron chi connectivity index (χ2n) is 2.61. The first-order chi connectivity index (χ1) is 6.16. The largest absolute Gasteiger partial charge is 0.323 e. The summed E-state index contributed by atoms with van der Waals surface area (Å²) >= 11 is 11.7. The van der Waals surface area contributed by atoms with Gasteiger partial charge in [0.1, 0.15) is 0 Å². The van der Waals surface area contributed by atoms with Crippen LogP contribution in [0.15, 0.2) is 18.2 Å². The van der Waals surface area contributed by atoms with Crippen LogP contribution in [0, 0.1) is 11.3 Å². The van der Waals surface area contributed by atoms with Crippen LogP contribution in [0.4, 0.5) is 0 Å². The van der Waals surface area contributed by atoms with Crippen molar-refractivity contribution < 1.29 is 0 Å². The van der Waals surface area contributed by atoms with Gasteiger partial charge in [0.25, 0.3) is 0 Å². The van der Waals surface area contributed by atoms with E-state index in [2.05, 4.69) is 0 Å². The van der Waals surface area contributed by atoms with Crippen molar-refractivity contribution in [3.05, 3.63) is 33.8 Å². The lowest BCUT2D eigenvalue weighted by atomic mass is 10.1. The molecule has 0 bridgehead atoms. The van der Waals surface area contributed by atoms with Crippen molar-refractivity contribution in [2.75, 3.05) is 0 Å². The number of nitrogens with zero attached hydrogens (tertiary/aromatic N) is 1. The third-order valence-electron chi connectivity index (χ3n) is 1.69. The molecule has 0 aliphatic rings. The molecule has 1 aromatic rings. The van der Waals surface area contributed by atoms with Gasteiger partial charge in [0, 0.05) is 6.04 Å². The van der Waals surface area contributed by atoms with Gasteiger partial charge in [-0.25, -0.2) is 0 Å². The highest BCUT2D eigenvalue weighted by Crippen LogP contribution is 2.29. The number of rotatable bonds is 2. The molecule has 68 valence electrons. The first-order valence-electron chi connectivity index (χ1n) is 3.73. The minimum Gasteiger partial charge on any atom is -0.323 e. The molecule has 0 aliphatic carbocycles. The van der Waals surface area contributed by atoms with Crippen molar-refractivity contribution in [1.29, 1.82) is 5.26 Å². The van der Waals surface area contributed by atoms with Gasteiger partial charge in [-0.2, -0.15) is 5.26 Å². The second kappa shape index (κ2) is 4.48. The van der Waals surface area contributed by atoms with Crippen LogP contribution in [-0.2, 0) is 0 Å². The van der Waals surface area contributed by atoms with Gasteiger partial charge in [-0.15, -0.1) is 0 Å². The molecule has 0 fully saturated rings. The summed E-state index contributed by atoms with van der Waals surface area (Å²) < 4.78 is 0. The molecule has 0 radical (unpaired) electrons. The molecule has 1 atom stereocenters. The maximum absolute atomic E-state index is 8.45. The third-order valence-corrected chi connectivity index (χ3v) is 2.53. The van der Waals surface area contributed by atoms with Gasteiger partial charge in [0.2, 0.25) is 0 Å². The second-order valence-corrected chi connectivity index (χ2v) is 3.40. The van der Waals surface area contributed by atoms with Crippen LogP contribution in [0.3, 0.4) is 0 Å². The number of benzene rings is 1. The zero-order chi connectivity index (χ0) is 9.84. The van der Waals surface area contributed by atoms with Gasteiger partial charge < -0.3 is 5.73 Å². The Hall–Kier alpha value is -0.750. The molecule has 2 nitrogen and oxygen atoms in total. The molecule has 13 heavy (non-hydrogen) atoms. The molecule has 0 heterocycles. The van der Waals surface area contributed by atoms with E-state index in [1.165, 1.54) is 0 Å². The lowest BCUT2D eigenvalue weighted by Crippen LogP contribution is -2.09. The van der Waals surface area contributed by atoms with E-state index in [4.69, 9.17) is 34.2 Å². The van der Waals surface area contributed by atoms with Gasteiger partial charge in [-0.1, -0.05) is 35.3 Å². The summed E-state index contributed by atoms with van der Waals surface area (Å²) in [5, 5.41) is 9.35. The maximum Gasteiger partial charge on any atom is 0.0641 e. The average molecular weight is 215 g/mol. The van der Waals surface area contributed by atoms with Crippen LogP contribution >= 0.6 is 23.2 Å². The molecule has 1 unspecified atom stereocenters. The van der Waals surface area contributed by atoms with Crippen molar-refractivity contribution >= 4 is 23.2 Å². The Balaban J connectivity index is 3.02. The van der Waals surface area contributed by atoms with Gasteiger partial charge >= 0.3 is 0 Å². The fraction of sp³-hybridized carbons (Fsp3) is 0.222. The molecule has 0 saturated heterocycles. The first-order valence-corrected chi connectivity index (χ1v) is 4.49. The van der Waals surface area contributed by atoms with Crippen LogP contribution < -0.4 is 5.73 Å². The van der Waals surface area contributed by atoms with E-state index in [1.54, 1.807) is 18.2 Å². The quantitative estimate of drug-likeness (QED) is 0.824. The van der Waals surface area contributed by atoms with Crippen molar-refractivity contribution in [1.82, 2.24) is 0 Å². The van der Waals surface area contributed by atoms with Gasteiger partial charge in [-0.05, 0) is 11.6 Å². The molecule has 1 aromatic carbocycles. The highest BCUT2D eigenvalue weighted by Gasteiger charge is 2.11. The number of hydrogen-bond donors (Lipinski definition) is 1. The molecular formula is C9H8Cl2N2. The Kier molecular flexibility index (Phi) is 3.56. The van der Waals surface area contributed by atoms with E-state index in [0.717, 1.165) is 5.56 Å². The molecule has 2 N–H and O–H groups in total. The predicted molar refractivity (Wildman–Crippen MR) is 53.6 cm³/mol. The molecule has 0 aromatic heterocycles. The molecule has 0 amide bonds. The summed E-state index contributed by atoms with van der Waals surface area (Å²) in [5.74, 6) is 0. The Morgan fingerprint density at radius 3 is 2.77 bits per heavy atom. The SMILES string of the molecule is N#CCC(N)c1cccc(Cl)c1Cl. The van der Waals surface area contributed by atoms with Crippen LogP contribution in [-0.4, -0.2) is 0 Å². The van der Waals surface area contributed by atoms with E-state index in [0.29, 0.717) is 10.0 Å². The normalized spacial score (nSPS) is 12.2. The van der Waals surface area contributed by atoms with E-state index in [-0.39, 0.29) is 12.5 Å². The van der Waals surface area contributed by atoms with Crippen LogP contribution in [0.5, 0.6) is 0 Å². The first kappa shape index (κ1) is 10.3. The standard InChI is InChI=1S/C9H8Cl2N2/c10-7-3-1-2-6(9(7)11)8(13)4-5-12/h1-3,8H,4,13H2. The molecule has 0 aliphatic heterocycles. The summed E-state index contributed by atoms with van der Waals surface area (Å²) in [4.78, 5) is 0. The fourth-order valence-corrected chi connectivity index (χ4v) is 1.46. The van der Waals surface area contributed by atoms with Gasteiger partial charge in [0.15, 0.2) is 0 Å². The van der Waals surface area contributed by atoms with E-state index in [9.17, 15) is 0 Å². The lowest BCUT2D eigenvalue weighted by molar-refractivity contribution is 0.749. The monoisotopic (exact) mass is 214 g/mol. The molecule has 1 rings (SSSR count). The number of nitriles is 1. The molecule has 0 spiro atoms. The summed E-state index contributed by atoms with van der Waals surface area (Å²) in [5.41, 5.74) is 6.43. The Labute approximate surface area is 86.9 Å². The topological polar surface area (TPSA) is 49.8 Å². The minimum absolute atomic E-state index is 0.236. The number of hydrogen-bond acceptors (Lipinski definition) is 2. The summed E-state index contributed by atoms with van der Waals surface area (Å²) in [6, 6.07) is 6.85. The van der Waals surface area contributed by atoms with Crippen LogP contribution in [0.1, 0.15) is 18.0 Å². The van der Waals surface area contributed by atoms with Crippen LogP contribution in [0.2, 0.25) is 10.0 Å². The van der Waals surface area contributed by atoms with Crippen molar-refractivity contribution in [2.45, 2.75) is 12.5 Å². The zero-order valence-corrected chi connectivity index (χ0v) is 8.31. The Bertz CT molecular complexity index is 344. The van der Waals surface area contributed by atoms with Gasteiger partial charge in [0.05, 0.1) is 22.5 Å². The zero-order valence-electron chi connectivity index (χ0n) is 6.80. The molecule has 4 heteroatoms. The van der Waals surface area contributed by atoms with Gasteiger partial charge in [-0.3, -0.25) is 0 Å². The fourth-order valence-electron chi connectivity index (χ4n) is 1.02. The minimum atomic E-state index is -0.365. The number of nitrogens with two attached hydrogens (primary N) is 1. The molecule has 0 saturated carbocycles. The van der Waals surface area contributed by atoms with Crippen molar-refractivity contribution in [2.24, 2.45) is 5.73 Å². The highest BCUT2D eigenvalue weighted by molar-refractivity contribution is 6.42. The summed E-state index contributed by atoms with van der Waals surface area (Å²) in [7, 11) is 0. The molecular weight excluding hydrogens is 207 g/mol. The third kappa shape index (κ3) is 2.35. The maximum atomic E-state index is 8.45. The van der Waals surface area contributed by atoms with Crippen LogP contribution in [0.25, 0.3) is 0 Å². The predicted octanol–water partition coefficient (Wildman–Crippen LogP) is 2.91. The number of halogens is 2. The Morgan fingerprint density at radius 2 is 2.15 bits per heavy atom. The summed E-state index contributed by atoms with van der Waals surface area (Å²) in [6.45, 7) is 0. The van der Waals surface area contributed by atoms with E-state index < -0.39 is 0 Å². The van der Waals surface area contributed by atoms with E-state index >= 15 is 0 Å². The lowest BCUT2D eigenvalue weighted by Gasteiger charge is -2.10. The Morgan fingerprint density at radius 1 is 1.46 bits per heavy atom. The summed E-state index contributed by atoms with van der Waals surface area (Å²) in [6.07, 6.45) is 0.236. The van der Waals surface area contributed by atoms with Crippen molar-refractivity contribution in [3.8, 4) is 6.07 Å². The average Bonchev–Trinajstić information content (AvgIpc) is 2.10. The van der Waals surface area contributed by atoms with Crippen molar-refractivity contribution in [3.63, 3.8) is 0 Å². The highest BCUT2D eigenvalue weighted by atomic mass is 35.5. The smallest absolute Gasteiger partial charge is 0.0641 e. The van der Waals surface area contributed by atoms with E-state index in [1.807, 2.05) is 6.07 Å².